The maximum atomic E-state index is 7.41. The fraction of sp³-hybridized carbons (Fsp3) is 0.0370. The molecule has 1 aromatic heterocycles. The average molecular weight is 1070 g/mol. The number of hydrogen-bond donors (Lipinski definition) is 0. The molecule has 2 aliphatic rings. The van der Waals surface area contributed by atoms with Gasteiger partial charge in [-0.1, -0.05) is 223 Å². The average Bonchev–Trinajstić information content (AvgIpc) is 1.58. The second-order valence-corrected chi connectivity index (χ2v) is 22.9. The number of anilines is 6. The lowest BCUT2D eigenvalue weighted by atomic mass is 9.70. The topological polar surface area (TPSA) is 19.6 Å². The molecule has 0 saturated carbocycles. The lowest BCUT2D eigenvalue weighted by molar-refractivity contribution is 0.668. The largest absolute Gasteiger partial charge is 0.454 e. The van der Waals surface area contributed by atoms with E-state index in [0.717, 1.165) is 67.0 Å². The van der Waals surface area contributed by atoms with Gasteiger partial charge >= 0.3 is 0 Å². The molecule has 0 bridgehead atoms. The van der Waals surface area contributed by atoms with Crippen molar-refractivity contribution in [2.24, 2.45) is 0 Å². The van der Waals surface area contributed by atoms with Crippen LogP contribution in [0.5, 0.6) is 0 Å². The molecule has 0 amide bonds. The molecule has 0 radical (unpaired) electrons. The van der Waals surface area contributed by atoms with Crippen LogP contribution in [0.15, 0.2) is 296 Å². The molecule has 84 heavy (non-hydrogen) atoms. The van der Waals surface area contributed by atoms with Crippen molar-refractivity contribution in [1.82, 2.24) is 0 Å². The Labute approximate surface area is 488 Å². The van der Waals surface area contributed by atoms with Crippen molar-refractivity contribution in [2.45, 2.75) is 19.3 Å². The SMILES string of the molecule is Cc1ccc(N(c2ccc(-c3ccc4ccccc4c3)cc2)c2cc3c(c4ccccc24)-c2c(cc(N(c4ccc(C)cc4)c4ccc(-c5ccc6ccccc6c5)cc4)c4oc5ccccc5c24)C32c3ccccc3-c3ccccc32)cc1. The van der Waals surface area contributed by atoms with E-state index in [-0.39, 0.29) is 0 Å². The Hall–Kier alpha value is -10.7. The molecule has 3 heteroatoms. The first kappa shape index (κ1) is 48.0. The van der Waals surface area contributed by atoms with Gasteiger partial charge in [-0.3, -0.25) is 0 Å². The number of hydrogen-bond acceptors (Lipinski definition) is 3. The number of benzene rings is 14. The molecule has 14 aromatic carbocycles. The van der Waals surface area contributed by atoms with E-state index in [4.69, 9.17) is 4.42 Å². The standard InChI is InChI=1S/C81H54N2O/c1-51-27-39-61(40-28-51)82(63-43-35-55(36-44-63)59-33-31-53-15-3-5-17-57(53)47-59)74-49-72-77(68-22-8-7-21-67(68)74)79-73(81(72)70-24-12-9-19-65(70)66-20-10-13-25-71(66)81)50-75(80-78(79)69-23-11-14-26-76(69)84-80)83(62-41-29-52(2)30-42-62)64-45-37-56(38-46-64)60-34-32-54-16-4-6-18-58(54)48-60/h3-50H,1-2H3. The summed E-state index contributed by atoms with van der Waals surface area (Å²) in [6.07, 6.45) is 0. The van der Waals surface area contributed by atoms with E-state index in [1.165, 1.54) is 99.3 Å². The summed E-state index contributed by atoms with van der Waals surface area (Å²) in [7, 11) is 0. The molecule has 394 valence electrons. The Morgan fingerprint density at radius 1 is 0.298 bits per heavy atom. The predicted octanol–water partition coefficient (Wildman–Crippen LogP) is 22.3. The normalized spacial score (nSPS) is 12.7. The molecular weight excluding hydrogens is 1020 g/mol. The highest BCUT2D eigenvalue weighted by Gasteiger charge is 2.54. The Morgan fingerprint density at radius 3 is 1.25 bits per heavy atom. The minimum absolute atomic E-state index is 0.754. The Balaban J connectivity index is 0.953. The summed E-state index contributed by atoms with van der Waals surface area (Å²) in [5.41, 5.74) is 24.4. The van der Waals surface area contributed by atoms with Crippen molar-refractivity contribution in [3.05, 3.63) is 325 Å². The number of aryl methyl sites for hydroxylation is 2. The number of para-hydroxylation sites is 1. The molecule has 0 atom stereocenters. The first-order valence-electron chi connectivity index (χ1n) is 29.1. The van der Waals surface area contributed by atoms with Crippen LogP contribution in [0.2, 0.25) is 0 Å². The highest BCUT2D eigenvalue weighted by atomic mass is 16.3. The van der Waals surface area contributed by atoms with E-state index >= 15 is 0 Å². The number of nitrogens with zero attached hydrogens (tertiary/aromatic N) is 2. The lowest BCUT2D eigenvalue weighted by Crippen LogP contribution is -2.26. The van der Waals surface area contributed by atoms with Crippen molar-refractivity contribution in [3.63, 3.8) is 0 Å². The van der Waals surface area contributed by atoms with Crippen molar-refractivity contribution < 1.29 is 4.42 Å². The van der Waals surface area contributed by atoms with E-state index in [1.807, 2.05) is 0 Å². The fourth-order valence-corrected chi connectivity index (χ4v) is 14.3. The van der Waals surface area contributed by atoms with E-state index in [9.17, 15) is 0 Å². The quantitative estimate of drug-likeness (QED) is 0.151. The zero-order chi connectivity index (χ0) is 55.6. The minimum atomic E-state index is -0.754. The van der Waals surface area contributed by atoms with Crippen molar-refractivity contribution in [2.75, 3.05) is 9.80 Å². The molecule has 1 spiro atoms. The highest BCUT2D eigenvalue weighted by molar-refractivity contribution is 6.24. The summed E-state index contributed by atoms with van der Waals surface area (Å²) in [6.45, 7) is 4.33. The van der Waals surface area contributed by atoms with Crippen LogP contribution in [-0.4, -0.2) is 0 Å². The van der Waals surface area contributed by atoms with Crippen LogP contribution in [0.25, 0.3) is 98.8 Å². The van der Waals surface area contributed by atoms with Crippen LogP contribution in [0.3, 0.4) is 0 Å². The first-order valence-corrected chi connectivity index (χ1v) is 29.1. The second kappa shape index (κ2) is 18.7. The maximum absolute atomic E-state index is 7.41. The van der Waals surface area contributed by atoms with Crippen LogP contribution in [0.4, 0.5) is 34.1 Å². The van der Waals surface area contributed by atoms with Gasteiger partial charge in [0.05, 0.1) is 16.8 Å². The van der Waals surface area contributed by atoms with Crippen LogP contribution in [-0.2, 0) is 5.41 Å². The van der Waals surface area contributed by atoms with Crippen LogP contribution < -0.4 is 9.80 Å². The maximum Gasteiger partial charge on any atom is 0.160 e. The molecule has 17 rings (SSSR count). The number of rotatable bonds is 8. The molecule has 0 N–H and O–H groups in total. The summed E-state index contributed by atoms with van der Waals surface area (Å²) in [6, 6.07) is 108. The van der Waals surface area contributed by atoms with E-state index in [0.29, 0.717) is 0 Å². The first-order chi connectivity index (χ1) is 41.5. The third-order valence-corrected chi connectivity index (χ3v) is 18.1. The van der Waals surface area contributed by atoms with Crippen LogP contribution in [0.1, 0.15) is 33.4 Å². The van der Waals surface area contributed by atoms with Gasteiger partial charge in [0.1, 0.15) is 5.58 Å². The van der Waals surface area contributed by atoms with Crippen molar-refractivity contribution >= 4 is 88.4 Å². The summed E-state index contributed by atoms with van der Waals surface area (Å²) >= 11 is 0. The minimum Gasteiger partial charge on any atom is -0.454 e. The zero-order valence-electron chi connectivity index (χ0n) is 46.5. The molecule has 15 aromatic rings. The molecule has 0 aliphatic heterocycles. The molecule has 0 saturated heterocycles. The lowest BCUT2D eigenvalue weighted by Gasteiger charge is -2.34. The molecule has 0 fully saturated rings. The summed E-state index contributed by atoms with van der Waals surface area (Å²) in [5.74, 6) is 0. The second-order valence-electron chi connectivity index (χ2n) is 22.9. The van der Waals surface area contributed by atoms with Gasteiger partial charge in [0.15, 0.2) is 5.58 Å². The van der Waals surface area contributed by atoms with E-state index in [1.54, 1.807) is 0 Å². The third-order valence-electron chi connectivity index (χ3n) is 18.1. The third kappa shape index (κ3) is 7.19. The summed E-state index contributed by atoms with van der Waals surface area (Å²) in [4.78, 5) is 4.92. The van der Waals surface area contributed by atoms with E-state index in [2.05, 4.69) is 315 Å². The molecular formula is C81H54N2O. The smallest absolute Gasteiger partial charge is 0.160 e. The Bertz CT molecular complexity index is 5100. The Morgan fingerprint density at radius 2 is 0.702 bits per heavy atom. The highest BCUT2D eigenvalue weighted by Crippen LogP contribution is 2.67. The molecule has 2 aliphatic carbocycles. The monoisotopic (exact) mass is 1070 g/mol. The van der Waals surface area contributed by atoms with Gasteiger partial charge in [0, 0.05) is 38.9 Å². The molecule has 3 nitrogen and oxygen atoms in total. The summed E-state index contributed by atoms with van der Waals surface area (Å²) in [5, 5.41) is 9.48. The van der Waals surface area contributed by atoms with Crippen LogP contribution >= 0.6 is 0 Å². The fourth-order valence-electron chi connectivity index (χ4n) is 14.3. The number of fused-ring (bicyclic) bond motifs is 18. The zero-order valence-corrected chi connectivity index (χ0v) is 46.5. The number of furan rings is 1. The molecule has 0 unspecified atom stereocenters. The van der Waals surface area contributed by atoms with Gasteiger partial charge in [0.2, 0.25) is 0 Å². The van der Waals surface area contributed by atoms with Gasteiger partial charge in [-0.05, 0) is 186 Å². The van der Waals surface area contributed by atoms with Crippen molar-refractivity contribution in [1.29, 1.82) is 0 Å². The van der Waals surface area contributed by atoms with E-state index < -0.39 is 5.41 Å². The van der Waals surface area contributed by atoms with Gasteiger partial charge < -0.3 is 14.2 Å². The summed E-state index contributed by atoms with van der Waals surface area (Å²) < 4.78 is 7.41. The Kier molecular flexibility index (Phi) is 10.7. The van der Waals surface area contributed by atoms with Gasteiger partial charge in [0.25, 0.3) is 0 Å². The predicted molar refractivity (Wildman–Crippen MR) is 352 cm³/mol. The van der Waals surface area contributed by atoms with Gasteiger partial charge in [-0.25, -0.2) is 0 Å². The van der Waals surface area contributed by atoms with Crippen molar-refractivity contribution in [3.8, 4) is 44.5 Å². The van der Waals surface area contributed by atoms with Crippen LogP contribution in [0, 0.1) is 13.8 Å². The van der Waals surface area contributed by atoms with Gasteiger partial charge in [-0.2, -0.15) is 0 Å². The van der Waals surface area contributed by atoms with Gasteiger partial charge in [-0.15, -0.1) is 0 Å². The molecule has 1 heterocycles.